The highest BCUT2D eigenvalue weighted by Gasteiger charge is 2.25. The highest BCUT2D eigenvalue weighted by Crippen LogP contribution is 2.20. The van der Waals surface area contributed by atoms with E-state index in [0.29, 0.717) is 25.3 Å². The Hall–Kier alpha value is -2.28. The lowest BCUT2D eigenvalue weighted by atomic mass is 10.1. The summed E-state index contributed by atoms with van der Waals surface area (Å²) in [4.78, 5) is 27.6. The number of hydrogen-bond acceptors (Lipinski definition) is 6. The number of benzene rings is 1. The molecule has 0 aliphatic carbocycles. The topological polar surface area (TPSA) is 68.3 Å². The molecule has 1 fully saturated rings. The van der Waals surface area contributed by atoms with Crippen molar-refractivity contribution in [2.45, 2.75) is 74.8 Å². The number of piperazine rings is 1. The molecule has 0 saturated carbocycles. The molecule has 0 bridgehead atoms. The van der Waals surface area contributed by atoms with Gasteiger partial charge in [-0.2, -0.15) is 0 Å². The molecule has 1 saturated heterocycles. The molecule has 0 unspecified atom stereocenters. The van der Waals surface area contributed by atoms with E-state index in [1.54, 1.807) is 23.1 Å². The molecule has 33 heavy (non-hydrogen) atoms. The molecule has 7 nitrogen and oxygen atoms in total. The predicted octanol–water partition coefficient (Wildman–Crippen LogP) is 5.79. The number of ether oxygens (including phenoxy) is 3. The van der Waals surface area contributed by atoms with Crippen molar-refractivity contribution >= 4 is 12.1 Å². The van der Waals surface area contributed by atoms with Gasteiger partial charge in [0.15, 0.2) is 0 Å². The first-order valence-electron chi connectivity index (χ1n) is 12.2. The minimum absolute atomic E-state index is 0.250. The summed E-state index contributed by atoms with van der Waals surface area (Å²) in [5, 5.41) is 0. The third-order valence-electron chi connectivity index (χ3n) is 4.29. The van der Waals surface area contributed by atoms with Gasteiger partial charge in [-0.25, -0.2) is 9.59 Å². The van der Waals surface area contributed by atoms with Gasteiger partial charge < -0.3 is 19.1 Å². The molecule has 1 aliphatic heterocycles. The maximum absolute atomic E-state index is 12.1. The molecule has 0 radical (unpaired) electrons. The first-order valence-corrected chi connectivity index (χ1v) is 12.2. The van der Waals surface area contributed by atoms with E-state index in [0.717, 1.165) is 30.9 Å². The largest absolute Gasteiger partial charge is 0.492 e. The van der Waals surface area contributed by atoms with Crippen LogP contribution in [-0.4, -0.2) is 73.9 Å². The van der Waals surface area contributed by atoms with Crippen molar-refractivity contribution in [2.75, 3.05) is 46.4 Å². The van der Waals surface area contributed by atoms with Crippen LogP contribution in [0.4, 0.5) is 4.79 Å². The standard InChI is InChI=1S/C20H30N2O5.3C2H6/c1-15-14-16(18(23)25-5)6-7-17(15)26-13-12-21-8-10-22(11-9-21)19(24)27-20(2,3)4;3*1-2/h6-7,14H,8-13H2,1-5H3;3*1-2H3. The second kappa shape index (κ2) is 18.2. The summed E-state index contributed by atoms with van der Waals surface area (Å²) in [6.07, 6.45) is -0.250. The minimum atomic E-state index is -0.469. The number of amides is 1. The van der Waals surface area contributed by atoms with Gasteiger partial charge in [-0.3, -0.25) is 4.90 Å². The molecular formula is C26H48N2O5. The van der Waals surface area contributed by atoms with Crippen LogP contribution in [0.5, 0.6) is 5.75 Å². The average molecular weight is 469 g/mol. The fourth-order valence-corrected chi connectivity index (χ4v) is 2.82. The van der Waals surface area contributed by atoms with E-state index >= 15 is 0 Å². The third-order valence-corrected chi connectivity index (χ3v) is 4.29. The van der Waals surface area contributed by atoms with E-state index in [-0.39, 0.29) is 12.1 Å². The summed E-state index contributed by atoms with van der Waals surface area (Å²) in [6, 6.07) is 5.26. The van der Waals surface area contributed by atoms with Crippen molar-refractivity contribution in [3.05, 3.63) is 29.3 Å². The maximum Gasteiger partial charge on any atom is 0.410 e. The summed E-state index contributed by atoms with van der Waals surface area (Å²) in [5.74, 6) is 0.405. The second-order valence-electron chi connectivity index (χ2n) is 7.63. The minimum Gasteiger partial charge on any atom is -0.492 e. The molecule has 1 aliphatic rings. The Balaban J connectivity index is 0. The van der Waals surface area contributed by atoms with Gasteiger partial charge in [0.05, 0.1) is 12.7 Å². The molecule has 192 valence electrons. The summed E-state index contributed by atoms with van der Waals surface area (Å²) in [6.45, 7) is 23.7. The zero-order valence-corrected chi connectivity index (χ0v) is 22.9. The van der Waals surface area contributed by atoms with Crippen LogP contribution in [0.3, 0.4) is 0 Å². The van der Waals surface area contributed by atoms with E-state index in [1.807, 2.05) is 69.2 Å². The molecule has 1 aromatic rings. The number of methoxy groups -OCH3 is 1. The monoisotopic (exact) mass is 468 g/mol. The predicted molar refractivity (Wildman–Crippen MR) is 136 cm³/mol. The molecule has 1 amide bonds. The SMILES string of the molecule is CC.CC.CC.COC(=O)c1ccc(OCCN2CCN(C(=O)OC(C)(C)C)CC2)c(C)c1. The fraction of sp³-hybridized carbons (Fsp3) is 0.692. The van der Waals surface area contributed by atoms with Crippen LogP contribution in [0.1, 0.15) is 78.2 Å². The number of carbonyl (C=O) groups excluding carboxylic acids is 2. The van der Waals surface area contributed by atoms with Crippen LogP contribution >= 0.6 is 0 Å². The smallest absolute Gasteiger partial charge is 0.410 e. The van der Waals surface area contributed by atoms with Crippen LogP contribution in [0.15, 0.2) is 18.2 Å². The third kappa shape index (κ3) is 13.1. The van der Waals surface area contributed by atoms with Gasteiger partial charge >= 0.3 is 12.1 Å². The lowest BCUT2D eigenvalue weighted by Gasteiger charge is -2.35. The van der Waals surface area contributed by atoms with E-state index < -0.39 is 5.60 Å². The zero-order chi connectivity index (χ0) is 26.0. The number of nitrogens with zero attached hydrogens (tertiary/aromatic N) is 2. The molecule has 1 heterocycles. The number of aryl methyl sites for hydroxylation is 1. The highest BCUT2D eigenvalue weighted by molar-refractivity contribution is 5.89. The quantitative estimate of drug-likeness (QED) is 0.509. The van der Waals surface area contributed by atoms with Crippen LogP contribution < -0.4 is 4.74 Å². The van der Waals surface area contributed by atoms with Crippen molar-refractivity contribution in [1.82, 2.24) is 9.80 Å². The van der Waals surface area contributed by atoms with E-state index in [9.17, 15) is 9.59 Å². The number of carbonyl (C=O) groups is 2. The van der Waals surface area contributed by atoms with Gasteiger partial charge in [-0.15, -0.1) is 0 Å². The van der Waals surface area contributed by atoms with Gasteiger partial charge in [-0.1, -0.05) is 41.5 Å². The second-order valence-corrected chi connectivity index (χ2v) is 7.63. The molecule has 0 spiro atoms. The Bertz CT molecular complexity index is 663. The van der Waals surface area contributed by atoms with Crippen LogP contribution in [-0.2, 0) is 9.47 Å². The molecule has 0 aromatic heterocycles. The van der Waals surface area contributed by atoms with Crippen molar-refractivity contribution in [2.24, 2.45) is 0 Å². The summed E-state index contributed by atoms with van der Waals surface area (Å²) in [7, 11) is 1.37. The van der Waals surface area contributed by atoms with E-state index in [1.165, 1.54) is 7.11 Å². The summed E-state index contributed by atoms with van der Waals surface area (Å²) in [5.41, 5.74) is 0.942. The van der Waals surface area contributed by atoms with Crippen molar-refractivity contribution in [3.63, 3.8) is 0 Å². The van der Waals surface area contributed by atoms with Crippen LogP contribution in [0.2, 0.25) is 0 Å². The fourth-order valence-electron chi connectivity index (χ4n) is 2.82. The Morgan fingerprint density at radius 1 is 0.939 bits per heavy atom. The molecule has 2 rings (SSSR count). The first-order chi connectivity index (χ1) is 15.7. The van der Waals surface area contributed by atoms with Crippen molar-refractivity contribution in [1.29, 1.82) is 0 Å². The van der Waals surface area contributed by atoms with E-state index in [2.05, 4.69) is 4.90 Å². The van der Waals surface area contributed by atoms with E-state index in [4.69, 9.17) is 14.2 Å². The summed E-state index contributed by atoms with van der Waals surface area (Å²) < 4.78 is 16.0. The maximum atomic E-state index is 12.1. The number of hydrogen-bond donors (Lipinski definition) is 0. The number of rotatable bonds is 5. The zero-order valence-electron chi connectivity index (χ0n) is 22.9. The van der Waals surface area contributed by atoms with Gasteiger partial charge in [0, 0.05) is 32.7 Å². The van der Waals surface area contributed by atoms with Gasteiger partial charge in [0.25, 0.3) is 0 Å². The Kier molecular flexibility index (Phi) is 18.1. The lowest BCUT2D eigenvalue weighted by molar-refractivity contribution is 0.0136. The Morgan fingerprint density at radius 3 is 1.94 bits per heavy atom. The van der Waals surface area contributed by atoms with Crippen molar-refractivity contribution < 1.29 is 23.8 Å². The average Bonchev–Trinajstić information content (AvgIpc) is 2.82. The molecule has 0 atom stereocenters. The van der Waals surface area contributed by atoms with Crippen LogP contribution in [0.25, 0.3) is 0 Å². The van der Waals surface area contributed by atoms with Crippen LogP contribution in [0, 0.1) is 6.92 Å². The van der Waals surface area contributed by atoms with Crippen molar-refractivity contribution in [3.8, 4) is 5.75 Å². The first kappa shape index (κ1) is 32.9. The molecular weight excluding hydrogens is 420 g/mol. The van der Waals surface area contributed by atoms with Gasteiger partial charge in [-0.05, 0) is 51.5 Å². The summed E-state index contributed by atoms with van der Waals surface area (Å²) >= 11 is 0. The molecule has 0 N–H and O–H groups in total. The molecule has 1 aromatic carbocycles. The Labute approximate surface area is 202 Å². The lowest BCUT2D eigenvalue weighted by Crippen LogP contribution is -2.50. The normalized spacial score (nSPS) is 13.1. The highest BCUT2D eigenvalue weighted by atomic mass is 16.6. The molecule has 7 heteroatoms. The van der Waals surface area contributed by atoms with Gasteiger partial charge in [0.2, 0.25) is 0 Å². The van der Waals surface area contributed by atoms with Gasteiger partial charge in [0.1, 0.15) is 18.0 Å². The number of esters is 1. The Morgan fingerprint density at radius 2 is 1.48 bits per heavy atom.